The Morgan fingerprint density at radius 1 is 1.06 bits per heavy atom. The van der Waals surface area contributed by atoms with Gasteiger partial charge in [-0.2, -0.15) is 13.2 Å². The molecule has 5 aliphatic rings. The van der Waals surface area contributed by atoms with E-state index in [0.29, 0.717) is 19.0 Å². The zero-order valence-corrected chi connectivity index (χ0v) is 19.5. The minimum atomic E-state index is -4.52. The van der Waals surface area contributed by atoms with Crippen LogP contribution in [0.25, 0.3) is 0 Å². The molecule has 2 aromatic heterocycles. The Hall–Kier alpha value is -2.21. The SMILES string of the molecule is O=C(N1CC2(CC(n3cnc(C(F)(F)F)n3)C2)C1)N1CC2(CN(Cc3nc(C4CC4)cs3)C2)C1. The van der Waals surface area contributed by atoms with Gasteiger partial charge in [0.25, 0.3) is 5.82 Å². The van der Waals surface area contributed by atoms with Crippen molar-refractivity contribution in [3.63, 3.8) is 0 Å². The summed E-state index contributed by atoms with van der Waals surface area (Å²) in [7, 11) is 0. The van der Waals surface area contributed by atoms with Gasteiger partial charge in [0.05, 0.1) is 18.3 Å². The summed E-state index contributed by atoms with van der Waals surface area (Å²) in [5, 5.41) is 7.01. The lowest BCUT2D eigenvalue weighted by Crippen LogP contribution is -2.75. The van der Waals surface area contributed by atoms with Gasteiger partial charge in [0.15, 0.2) is 0 Å². The first kappa shape index (κ1) is 21.1. The molecule has 2 spiro atoms. The minimum absolute atomic E-state index is 0.0352. The van der Waals surface area contributed by atoms with Gasteiger partial charge in [-0.05, 0) is 25.7 Å². The summed E-state index contributed by atoms with van der Waals surface area (Å²) in [6, 6.07) is 0.0412. The molecule has 7 rings (SSSR count). The van der Waals surface area contributed by atoms with E-state index in [2.05, 4.69) is 20.4 Å². The van der Waals surface area contributed by atoms with Crippen LogP contribution in [0.2, 0.25) is 0 Å². The fourth-order valence-corrected chi connectivity index (χ4v) is 7.25. The number of alkyl halides is 3. The maximum absolute atomic E-state index is 12.9. The Morgan fingerprint density at radius 3 is 2.35 bits per heavy atom. The van der Waals surface area contributed by atoms with Crippen LogP contribution in [0.3, 0.4) is 0 Å². The average molecular weight is 494 g/mol. The first-order chi connectivity index (χ1) is 16.2. The van der Waals surface area contributed by atoms with Crippen molar-refractivity contribution in [2.45, 2.75) is 50.4 Å². The quantitative estimate of drug-likeness (QED) is 0.654. The molecular weight excluding hydrogens is 467 g/mol. The van der Waals surface area contributed by atoms with E-state index in [0.717, 1.165) is 45.6 Å². The monoisotopic (exact) mass is 493 g/mol. The standard InChI is InChI=1S/C22H26F3N7OS/c23-22(24,25)18-26-13-32(28-18)15-3-20(4-15)9-30(10-20)19(33)31-11-21(12-31)7-29(8-21)5-17-27-16(6-34-17)14-1-2-14/h6,13-15H,1-5,7-12H2. The van der Waals surface area contributed by atoms with Crippen molar-refractivity contribution in [1.82, 2.24) is 34.4 Å². The van der Waals surface area contributed by atoms with E-state index in [-0.39, 0.29) is 22.9 Å². The fraction of sp³-hybridized carbons (Fsp3) is 0.727. The summed E-state index contributed by atoms with van der Waals surface area (Å²) >= 11 is 1.77. The third-order valence-corrected chi connectivity index (χ3v) is 9.01. The summed E-state index contributed by atoms with van der Waals surface area (Å²) in [6.45, 7) is 5.98. The summed E-state index contributed by atoms with van der Waals surface area (Å²) in [5.74, 6) is -0.384. The molecule has 8 nitrogen and oxygen atoms in total. The molecule has 5 fully saturated rings. The number of rotatable bonds is 4. The van der Waals surface area contributed by atoms with Gasteiger partial charge >= 0.3 is 12.2 Å². The lowest BCUT2D eigenvalue weighted by molar-refractivity contribution is -0.145. The van der Waals surface area contributed by atoms with Crippen molar-refractivity contribution < 1.29 is 18.0 Å². The average Bonchev–Trinajstić information content (AvgIpc) is 3.19. The number of thiazole rings is 1. The largest absolute Gasteiger partial charge is 0.453 e. The molecule has 2 saturated carbocycles. The highest BCUT2D eigenvalue weighted by molar-refractivity contribution is 7.09. The van der Waals surface area contributed by atoms with Crippen LogP contribution in [0.5, 0.6) is 0 Å². The van der Waals surface area contributed by atoms with Gasteiger partial charge in [-0.25, -0.2) is 19.4 Å². The lowest BCUT2D eigenvalue weighted by atomic mass is 9.60. The van der Waals surface area contributed by atoms with Gasteiger partial charge < -0.3 is 9.80 Å². The van der Waals surface area contributed by atoms with Crippen LogP contribution in [-0.2, 0) is 12.7 Å². The molecular formula is C22H26F3N7OS. The van der Waals surface area contributed by atoms with Crippen molar-refractivity contribution in [3.8, 4) is 0 Å². The van der Waals surface area contributed by atoms with E-state index < -0.39 is 12.0 Å². The molecule has 0 bridgehead atoms. The number of amides is 2. The Labute approximate surface area is 198 Å². The molecule has 34 heavy (non-hydrogen) atoms. The molecule has 3 saturated heterocycles. The molecule has 182 valence electrons. The molecule has 2 aromatic rings. The number of hydrogen-bond donors (Lipinski definition) is 0. The number of likely N-dealkylation sites (tertiary alicyclic amines) is 3. The normalized spacial score (nSPS) is 25.7. The molecule has 0 atom stereocenters. The molecule has 2 aliphatic carbocycles. The fourth-order valence-electron chi connectivity index (χ4n) is 6.33. The molecule has 5 heterocycles. The van der Waals surface area contributed by atoms with Crippen LogP contribution in [0, 0.1) is 10.8 Å². The predicted octanol–water partition coefficient (Wildman–Crippen LogP) is 3.21. The Bertz CT molecular complexity index is 1110. The second-order valence-electron chi connectivity index (χ2n) is 11.2. The van der Waals surface area contributed by atoms with Crippen molar-refractivity contribution in [1.29, 1.82) is 0 Å². The number of hydrogen-bond acceptors (Lipinski definition) is 6. The van der Waals surface area contributed by atoms with Crippen molar-refractivity contribution in [2.24, 2.45) is 10.8 Å². The Kier molecular flexibility index (Phi) is 4.30. The summed E-state index contributed by atoms with van der Waals surface area (Å²) < 4.78 is 39.5. The van der Waals surface area contributed by atoms with Gasteiger partial charge in [-0.1, -0.05) is 0 Å². The summed E-state index contributed by atoms with van der Waals surface area (Å²) in [5.41, 5.74) is 1.56. The minimum Gasteiger partial charge on any atom is -0.323 e. The van der Waals surface area contributed by atoms with E-state index in [9.17, 15) is 18.0 Å². The van der Waals surface area contributed by atoms with Gasteiger partial charge in [0.2, 0.25) is 0 Å². The highest BCUT2D eigenvalue weighted by atomic mass is 32.1. The first-order valence-electron chi connectivity index (χ1n) is 11.9. The van der Waals surface area contributed by atoms with Gasteiger partial charge in [0.1, 0.15) is 11.3 Å². The molecule has 0 aromatic carbocycles. The third-order valence-electron chi connectivity index (χ3n) is 8.16. The van der Waals surface area contributed by atoms with Gasteiger partial charge in [-0.15, -0.1) is 16.4 Å². The van der Waals surface area contributed by atoms with Crippen LogP contribution in [0.1, 0.15) is 54.2 Å². The number of carbonyl (C=O) groups excluding carboxylic acids is 1. The molecule has 0 unspecified atom stereocenters. The smallest absolute Gasteiger partial charge is 0.323 e. The summed E-state index contributed by atoms with van der Waals surface area (Å²) in [6.07, 6.45) is 0.709. The third kappa shape index (κ3) is 3.43. The molecule has 2 amide bonds. The van der Waals surface area contributed by atoms with E-state index in [4.69, 9.17) is 4.98 Å². The maximum atomic E-state index is 12.9. The molecule has 0 N–H and O–H groups in total. The van der Waals surface area contributed by atoms with Crippen molar-refractivity contribution >= 4 is 17.4 Å². The number of nitrogens with zero attached hydrogens (tertiary/aromatic N) is 7. The topological polar surface area (TPSA) is 70.4 Å². The first-order valence-corrected chi connectivity index (χ1v) is 12.8. The van der Waals surface area contributed by atoms with Gasteiger partial charge in [0, 0.05) is 61.4 Å². The molecule has 12 heteroatoms. The highest BCUT2D eigenvalue weighted by Crippen LogP contribution is 2.54. The number of aromatic nitrogens is 4. The van der Waals surface area contributed by atoms with E-state index in [1.165, 1.54) is 34.6 Å². The van der Waals surface area contributed by atoms with Crippen molar-refractivity contribution in [3.05, 3.63) is 28.2 Å². The molecule has 3 aliphatic heterocycles. The van der Waals surface area contributed by atoms with Crippen LogP contribution in [0.15, 0.2) is 11.7 Å². The number of carbonyl (C=O) groups is 1. The zero-order chi connectivity index (χ0) is 23.3. The molecule has 0 radical (unpaired) electrons. The maximum Gasteiger partial charge on any atom is 0.453 e. The number of urea groups is 1. The highest BCUT2D eigenvalue weighted by Gasteiger charge is 2.58. The predicted molar refractivity (Wildman–Crippen MR) is 116 cm³/mol. The summed E-state index contributed by atoms with van der Waals surface area (Å²) in [4.78, 5) is 27.3. The lowest BCUT2D eigenvalue weighted by Gasteiger charge is -2.63. The van der Waals surface area contributed by atoms with E-state index in [1.807, 2.05) is 9.80 Å². The second-order valence-corrected chi connectivity index (χ2v) is 12.1. The Morgan fingerprint density at radius 2 is 1.74 bits per heavy atom. The second kappa shape index (κ2) is 6.93. The van der Waals surface area contributed by atoms with Gasteiger partial charge in [-0.3, -0.25) is 4.90 Å². The number of halogens is 3. The van der Waals surface area contributed by atoms with E-state index >= 15 is 0 Å². The van der Waals surface area contributed by atoms with Crippen molar-refractivity contribution in [2.75, 3.05) is 39.3 Å². The van der Waals surface area contributed by atoms with Crippen LogP contribution < -0.4 is 0 Å². The Balaban J connectivity index is 0.846. The van der Waals surface area contributed by atoms with Crippen LogP contribution in [0.4, 0.5) is 18.0 Å². The van der Waals surface area contributed by atoms with Crippen LogP contribution >= 0.6 is 11.3 Å². The van der Waals surface area contributed by atoms with E-state index in [1.54, 1.807) is 11.3 Å². The van der Waals surface area contributed by atoms with Crippen LogP contribution in [-0.4, -0.2) is 79.7 Å². The zero-order valence-electron chi connectivity index (χ0n) is 18.7.